The quantitative estimate of drug-likeness (QED) is 0.397. The van der Waals surface area contributed by atoms with Crippen molar-refractivity contribution in [2.45, 2.75) is 46.0 Å². The van der Waals surface area contributed by atoms with Crippen LogP contribution in [0.25, 0.3) is 0 Å². The van der Waals surface area contributed by atoms with Crippen LogP contribution in [0.5, 0.6) is 0 Å². The molecule has 0 aliphatic carbocycles. The van der Waals surface area contributed by atoms with Gasteiger partial charge in [-0.3, -0.25) is 4.99 Å². The first-order chi connectivity index (χ1) is 12.6. The predicted molar refractivity (Wildman–Crippen MR) is 106 cm³/mol. The van der Waals surface area contributed by atoms with E-state index in [1.165, 1.54) is 5.56 Å². The van der Waals surface area contributed by atoms with E-state index in [0.29, 0.717) is 12.4 Å². The lowest BCUT2D eigenvalue weighted by Gasteiger charge is -2.11. The zero-order valence-electron chi connectivity index (χ0n) is 15.8. The molecule has 0 amide bonds. The lowest BCUT2D eigenvalue weighted by atomic mass is 10.1. The molecular weight excluding hydrogens is 350 g/mol. The van der Waals surface area contributed by atoms with E-state index < -0.39 is 0 Å². The van der Waals surface area contributed by atoms with Crippen molar-refractivity contribution in [1.29, 1.82) is 0 Å². The zero-order valence-corrected chi connectivity index (χ0v) is 16.5. The van der Waals surface area contributed by atoms with Crippen molar-refractivity contribution in [3.63, 3.8) is 0 Å². The lowest BCUT2D eigenvalue weighted by molar-refractivity contribution is 0.369. The topological polar surface area (TPSA) is 75.3 Å². The third-order valence-corrected chi connectivity index (χ3v) is 4.03. The van der Waals surface area contributed by atoms with Crippen molar-refractivity contribution in [3.05, 3.63) is 46.6 Å². The van der Waals surface area contributed by atoms with Gasteiger partial charge in [0.15, 0.2) is 11.8 Å². The highest BCUT2D eigenvalue weighted by Gasteiger charge is 2.09. The number of hydrogen-bond donors (Lipinski definition) is 2. The Labute approximate surface area is 160 Å². The van der Waals surface area contributed by atoms with E-state index in [1.807, 2.05) is 24.3 Å². The first-order valence-electron chi connectivity index (χ1n) is 9.17. The second-order valence-electron chi connectivity index (χ2n) is 6.37. The van der Waals surface area contributed by atoms with Crippen molar-refractivity contribution in [2.24, 2.45) is 4.99 Å². The summed E-state index contributed by atoms with van der Waals surface area (Å²) in [5, 5.41) is 11.4. The molecule has 26 heavy (non-hydrogen) atoms. The first-order valence-corrected chi connectivity index (χ1v) is 9.55. The monoisotopic (exact) mass is 377 g/mol. The Bertz CT molecular complexity index is 681. The zero-order chi connectivity index (χ0) is 18.8. The minimum absolute atomic E-state index is 0.288. The molecule has 1 aromatic carbocycles. The Hall–Kier alpha value is -2.08. The molecular formula is C19H28ClN5O. The standard InChI is InChI=1S/C19H28ClN5O/c1-4-21-19(23-13-11-15-7-9-16(20)10-8-15)22-12-5-6-17-24-18(14(2)3)25-26-17/h7-10,14H,4-6,11-13H2,1-3H3,(H2,21,22,23). The van der Waals surface area contributed by atoms with Crippen LogP contribution in [0.15, 0.2) is 33.8 Å². The van der Waals surface area contributed by atoms with Crippen molar-refractivity contribution >= 4 is 17.6 Å². The molecule has 0 fully saturated rings. The van der Waals surface area contributed by atoms with Gasteiger partial charge in [0.25, 0.3) is 0 Å². The maximum atomic E-state index is 5.91. The molecule has 0 saturated carbocycles. The van der Waals surface area contributed by atoms with Crippen molar-refractivity contribution in [3.8, 4) is 0 Å². The number of halogens is 1. The average Bonchev–Trinajstić information content (AvgIpc) is 3.09. The molecule has 2 N–H and O–H groups in total. The van der Waals surface area contributed by atoms with Crippen LogP contribution in [0.2, 0.25) is 5.02 Å². The van der Waals surface area contributed by atoms with Crippen LogP contribution in [0.3, 0.4) is 0 Å². The van der Waals surface area contributed by atoms with Crippen LogP contribution in [0.4, 0.5) is 0 Å². The highest BCUT2D eigenvalue weighted by molar-refractivity contribution is 6.30. The molecule has 0 atom stereocenters. The summed E-state index contributed by atoms with van der Waals surface area (Å²) in [6.45, 7) is 8.51. The summed E-state index contributed by atoms with van der Waals surface area (Å²) in [6, 6.07) is 7.92. The van der Waals surface area contributed by atoms with E-state index in [4.69, 9.17) is 16.1 Å². The second-order valence-corrected chi connectivity index (χ2v) is 6.80. The maximum absolute atomic E-state index is 5.91. The molecule has 7 heteroatoms. The Kier molecular flexibility index (Phi) is 8.41. The summed E-state index contributed by atoms with van der Waals surface area (Å²) < 4.78 is 5.25. The van der Waals surface area contributed by atoms with E-state index >= 15 is 0 Å². The van der Waals surface area contributed by atoms with E-state index in [9.17, 15) is 0 Å². The number of guanidine groups is 1. The molecule has 142 valence electrons. The molecule has 0 aliphatic rings. The van der Waals surface area contributed by atoms with Gasteiger partial charge in [-0.2, -0.15) is 4.98 Å². The van der Waals surface area contributed by atoms with Gasteiger partial charge in [0.2, 0.25) is 5.89 Å². The number of nitrogens with zero attached hydrogens (tertiary/aromatic N) is 3. The van der Waals surface area contributed by atoms with E-state index in [1.54, 1.807) is 0 Å². The van der Waals surface area contributed by atoms with Gasteiger partial charge >= 0.3 is 0 Å². The normalized spacial score (nSPS) is 11.8. The minimum Gasteiger partial charge on any atom is -0.357 e. The first kappa shape index (κ1) is 20.2. The number of rotatable bonds is 9. The fourth-order valence-corrected chi connectivity index (χ4v) is 2.47. The largest absolute Gasteiger partial charge is 0.357 e. The number of aliphatic imine (C=N–C) groups is 1. The molecule has 1 aromatic heterocycles. The van der Waals surface area contributed by atoms with E-state index in [-0.39, 0.29) is 5.92 Å². The van der Waals surface area contributed by atoms with Gasteiger partial charge in [-0.05, 0) is 37.5 Å². The minimum atomic E-state index is 0.288. The third-order valence-electron chi connectivity index (χ3n) is 3.78. The van der Waals surface area contributed by atoms with Crippen LogP contribution in [-0.4, -0.2) is 35.7 Å². The van der Waals surface area contributed by atoms with Crippen LogP contribution in [-0.2, 0) is 12.8 Å². The Morgan fingerprint density at radius 3 is 2.62 bits per heavy atom. The summed E-state index contributed by atoms with van der Waals surface area (Å²) in [5.41, 5.74) is 1.25. The summed E-state index contributed by atoms with van der Waals surface area (Å²) in [6.07, 6.45) is 2.53. The third kappa shape index (κ3) is 7.04. The Balaban J connectivity index is 1.73. The smallest absolute Gasteiger partial charge is 0.226 e. The van der Waals surface area contributed by atoms with E-state index in [2.05, 4.69) is 46.5 Å². The molecule has 0 radical (unpaired) electrons. The average molecular weight is 378 g/mol. The number of nitrogens with one attached hydrogen (secondary N) is 2. The van der Waals surface area contributed by atoms with Crippen molar-refractivity contribution < 1.29 is 4.52 Å². The van der Waals surface area contributed by atoms with Crippen LogP contribution in [0.1, 0.15) is 50.4 Å². The number of aromatic nitrogens is 2. The predicted octanol–water partition coefficient (Wildman–Crippen LogP) is 3.58. The highest BCUT2D eigenvalue weighted by atomic mass is 35.5. The number of aryl methyl sites for hydroxylation is 1. The van der Waals surface area contributed by atoms with Crippen LogP contribution >= 0.6 is 11.6 Å². The molecule has 0 bridgehead atoms. The molecule has 0 saturated heterocycles. The fraction of sp³-hybridized carbons (Fsp3) is 0.526. The summed E-state index contributed by atoms with van der Waals surface area (Å²) in [7, 11) is 0. The summed E-state index contributed by atoms with van der Waals surface area (Å²) in [4.78, 5) is 8.98. The fourth-order valence-electron chi connectivity index (χ4n) is 2.34. The Morgan fingerprint density at radius 2 is 1.96 bits per heavy atom. The van der Waals surface area contributed by atoms with Gasteiger partial charge in [-0.15, -0.1) is 0 Å². The van der Waals surface area contributed by atoms with Gasteiger partial charge in [-0.1, -0.05) is 42.7 Å². The molecule has 0 unspecified atom stereocenters. The van der Waals surface area contributed by atoms with Crippen molar-refractivity contribution in [2.75, 3.05) is 19.6 Å². The van der Waals surface area contributed by atoms with E-state index in [0.717, 1.165) is 49.2 Å². The summed E-state index contributed by atoms with van der Waals surface area (Å²) in [5.74, 6) is 2.57. The number of benzene rings is 1. The molecule has 0 spiro atoms. The van der Waals surface area contributed by atoms with Crippen LogP contribution in [0, 0.1) is 0 Å². The molecule has 2 aromatic rings. The van der Waals surface area contributed by atoms with Gasteiger partial charge in [-0.25, -0.2) is 0 Å². The van der Waals surface area contributed by atoms with Crippen LogP contribution < -0.4 is 10.6 Å². The summed E-state index contributed by atoms with van der Waals surface area (Å²) >= 11 is 5.91. The SMILES string of the molecule is CCNC(=NCCCc1nc(C(C)C)no1)NCCc1ccc(Cl)cc1. The number of hydrogen-bond acceptors (Lipinski definition) is 4. The Morgan fingerprint density at radius 1 is 1.19 bits per heavy atom. The molecule has 1 heterocycles. The lowest BCUT2D eigenvalue weighted by Crippen LogP contribution is -2.38. The van der Waals surface area contributed by atoms with Gasteiger partial charge in [0, 0.05) is 37.0 Å². The molecule has 6 nitrogen and oxygen atoms in total. The second kappa shape index (κ2) is 10.8. The molecule has 2 rings (SSSR count). The van der Waals surface area contributed by atoms with Crippen molar-refractivity contribution in [1.82, 2.24) is 20.8 Å². The molecule has 0 aliphatic heterocycles. The van der Waals surface area contributed by atoms with Gasteiger partial charge in [0.05, 0.1) is 0 Å². The van der Waals surface area contributed by atoms with Gasteiger partial charge < -0.3 is 15.2 Å². The maximum Gasteiger partial charge on any atom is 0.226 e. The van der Waals surface area contributed by atoms with Gasteiger partial charge in [0.1, 0.15) is 0 Å². The highest BCUT2D eigenvalue weighted by Crippen LogP contribution is 2.11.